The van der Waals surface area contributed by atoms with Gasteiger partial charge in [-0.05, 0) is 27.2 Å². The fourth-order valence-corrected chi connectivity index (χ4v) is 3.71. The highest BCUT2D eigenvalue weighted by atomic mass is 16.7. The summed E-state index contributed by atoms with van der Waals surface area (Å²) in [6.07, 6.45) is -1.07. The normalized spacial score (nSPS) is 31.0. The highest BCUT2D eigenvalue weighted by Crippen LogP contribution is 2.31. The number of fused-ring (bicyclic) bond motifs is 2. The lowest BCUT2D eigenvalue weighted by molar-refractivity contribution is -0.179. The molecule has 2 N–H and O–H groups in total. The van der Waals surface area contributed by atoms with Crippen molar-refractivity contribution in [3.8, 4) is 5.75 Å². The van der Waals surface area contributed by atoms with Crippen LogP contribution < -0.4 is 10.1 Å². The molecule has 0 radical (unpaired) electrons. The molecule has 0 unspecified atom stereocenters. The fraction of sp³-hybridized carbons (Fsp3) is 0.684. The van der Waals surface area contributed by atoms with Crippen LogP contribution in [0.4, 0.5) is 0 Å². The molecule has 1 aromatic rings. The largest absolute Gasteiger partial charge is 0.496 e. The maximum atomic E-state index is 11.0. The van der Waals surface area contributed by atoms with Gasteiger partial charge in [0.2, 0.25) is 0 Å². The first-order valence-corrected chi connectivity index (χ1v) is 9.16. The number of aliphatic hydroxyl groups excluding tert-OH is 1. The number of hydrogen-bond donors (Lipinski definition) is 2. The molecule has 3 rings (SSSR count). The number of para-hydroxylation sites is 1. The fourth-order valence-electron chi connectivity index (χ4n) is 3.71. The second-order valence-electron chi connectivity index (χ2n) is 7.36. The van der Waals surface area contributed by atoms with Gasteiger partial charge in [0.05, 0.1) is 31.9 Å². The topological polar surface area (TPSA) is 66.4 Å². The van der Waals surface area contributed by atoms with Gasteiger partial charge in [0.15, 0.2) is 6.29 Å². The van der Waals surface area contributed by atoms with E-state index in [0.29, 0.717) is 13.2 Å². The Balaban J connectivity index is 1.67. The summed E-state index contributed by atoms with van der Waals surface area (Å²) in [6, 6.07) is 7.52. The van der Waals surface area contributed by atoms with Crippen molar-refractivity contribution < 1.29 is 19.3 Å². The van der Waals surface area contributed by atoms with E-state index in [2.05, 4.69) is 15.1 Å². The summed E-state index contributed by atoms with van der Waals surface area (Å²) in [6.45, 7) is 2.85. The number of ether oxygens (including phenoxy) is 3. The van der Waals surface area contributed by atoms with Crippen molar-refractivity contribution >= 4 is 0 Å². The molecule has 146 valence electrons. The Kier molecular flexibility index (Phi) is 6.50. The van der Waals surface area contributed by atoms with Crippen molar-refractivity contribution in [1.29, 1.82) is 0 Å². The van der Waals surface area contributed by atoms with Crippen molar-refractivity contribution in [2.75, 3.05) is 47.9 Å². The SMILES string of the molecule is COc1ccccc1CN[C@H]1[C@H](O)[C@@H](N(C)CCN(C)C)[C@@H]2OC[C@H]1O2. The quantitative estimate of drug-likeness (QED) is 0.679. The first-order chi connectivity index (χ1) is 12.5. The van der Waals surface area contributed by atoms with Crippen molar-refractivity contribution in [2.45, 2.75) is 37.1 Å². The lowest BCUT2D eigenvalue weighted by Crippen LogP contribution is -2.64. The van der Waals surface area contributed by atoms with Crippen molar-refractivity contribution in [2.24, 2.45) is 0 Å². The minimum absolute atomic E-state index is 0.136. The van der Waals surface area contributed by atoms with Gasteiger partial charge in [-0.3, -0.25) is 4.90 Å². The van der Waals surface area contributed by atoms with Crippen LogP contribution in [0.1, 0.15) is 5.56 Å². The predicted molar refractivity (Wildman–Crippen MR) is 99.2 cm³/mol. The third-order valence-corrected chi connectivity index (χ3v) is 5.26. The van der Waals surface area contributed by atoms with Crippen LogP contribution in [0.3, 0.4) is 0 Å². The molecule has 7 nitrogen and oxygen atoms in total. The molecule has 7 heteroatoms. The average molecular weight is 365 g/mol. The zero-order valence-electron chi connectivity index (χ0n) is 16.1. The van der Waals surface area contributed by atoms with Crippen LogP contribution in [0.5, 0.6) is 5.75 Å². The molecule has 2 aliphatic rings. The molecule has 2 fully saturated rings. The Bertz CT molecular complexity index is 586. The Morgan fingerprint density at radius 2 is 2.00 bits per heavy atom. The number of likely N-dealkylation sites (N-methyl/N-ethyl adjacent to an activating group) is 2. The number of rotatable bonds is 8. The van der Waals surface area contributed by atoms with E-state index in [9.17, 15) is 5.11 Å². The van der Waals surface area contributed by atoms with Crippen LogP contribution in [-0.2, 0) is 16.0 Å². The molecule has 0 aliphatic carbocycles. The first-order valence-electron chi connectivity index (χ1n) is 9.16. The summed E-state index contributed by atoms with van der Waals surface area (Å²) in [4.78, 5) is 4.26. The summed E-state index contributed by atoms with van der Waals surface area (Å²) in [5.41, 5.74) is 1.06. The monoisotopic (exact) mass is 365 g/mol. The number of benzene rings is 1. The van der Waals surface area contributed by atoms with Gasteiger partial charge >= 0.3 is 0 Å². The van der Waals surface area contributed by atoms with Gasteiger partial charge in [-0.25, -0.2) is 0 Å². The van der Waals surface area contributed by atoms with Gasteiger partial charge in [0.25, 0.3) is 0 Å². The Morgan fingerprint density at radius 1 is 1.23 bits per heavy atom. The number of nitrogens with one attached hydrogen (secondary N) is 1. The Labute approximate surface area is 155 Å². The molecule has 2 heterocycles. The molecular weight excluding hydrogens is 334 g/mol. The zero-order valence-corrected chi connectivity index (χ0v) is 16.1. The lowest BCUT2D eigenvalue weighted by Gasteiger charge is -2.43. The van der Waals surface area contributed by atoms with Crippen molar-refractivity contribution in [3.05, 3.63) is 29.8 Å². The second-order valence-corrected chi connectivity index (χ2v) is 7.36. The van der Waals surface area contributed by atoms with Crippen LogP contribution in [0, 0.1) is 0 Å². The molecule has 26 heavy (non-hydrogen) atoms. The average Bonchev–Trinajstić information content (AvgIpc) is 3.05. The smallest absolute Gasteiger partial charge is 0.176 e. The van der Waals surface area contributed by atoms with Crippen LogP contribution in [-0.4, -0.2) is 93.4 Å². The van der Waals surface area contributed by atoms with Gasteiger partial charge < -0.3 is 29.5 Å². The molecule has 0 amide bonds. The highest BCUT2D eigenvalue weighted by molar-refractivity contribution is 5.33. The van der Waals surface area contributed by atoms with E-state index in [1.807, 2.05) is 45.4 Å². The Hall–Kier alpha value is -1.22. The summed E-state index contributed by atoms with van der Waals surface area (Å²) >= 11 is 0. The summed E-state index contributed by atoms with van der Waals surface area (Å²) in [5, 5.41) is 14.5. The van der Waals surface area contributed by atoms with Crippen molar-refractivity contribution in [3.63, 3.8) is 0 Å². The molecule has 0 aromatic heterocycles. The molecule has 1 aromatic carbocycles. The van der Waals surface area contributed by atoms with Crippen LogP contribution in [0.25, 0.3) is 0 Å². The predicted octanol–water partition coefficient (Wildman–Crippen LogP) is 0.131. The van der Waals surface area contributed by atoms with Gasteiger partial charge in [0.1, 0.15) is 11.9 Å². The van der Waals surface area contributed by atoms with Gasteiger partial charge in [-0.2, -0.15) is 0 Å². The van der Waals surface area contributed by atoms with E-state index in [0.717, 1.165) is 24.4 Å². The molecule has 0 saturated carbocycles. The number of methoxy groups -OCH3 is 1. The number of hydrogen-bond acceptors (Lipinski definition) is 7. The third-order valence-electron chi connectivity index (χ3n) is 5.26. The minimum atomic E-state index is -0.567. The van der Waals surface area contributed by atoms with Crippen LogP contribution in [0.2, 0.25) is 0 Å². The van der Waals surface area contributed by atoms with E-state index in [4.69, 9.17) is 14.2 Å². The standard InChI is InChI=1S/C19H31N3O4/c1-21(2)9-10-22(3)17-18(23)16(15-12-25-19(17)26-15)20-11-13-7-5-6-8-14(13)24-4/h5-8,15-20,23H,9-12H2,1-4H3/t15-,16-,17-,18+,19-/m1/s1. The van der Waals surface area contributed by atoms with E-state index in [1.54, 1.807) is 7.11 Å². The number of nitrogens with zero attached hydrogens (tertiary/aromatic N) is 2. The molecule has 5 atom stereocenters. The van der Waals surface area contributed by atoms with E-state index >= 15 is 0 Å². The minimum Gasteiger partial charge on any atom is -0.496 e. The van der Waals surface area contributed by atoms with E-state index < -0.39 is 6.10 Å². The highest BCUT2D eigenvalue weighted by Gasteiger charge is 2.51. The lowest BCUT2D eigenvalue weighted by atomic mass is 9.94. The van der Waals surface area contributed by atoms with Gasteiger partial charge in [0, 0.05) is 25.2 Å². The Morgan fingerprint density at radius 3 is 2.73 bits per heavy atom. The zero-order chi connectivity index (χ0) is 18.7. The van der Waals surface area contributed by atoms with E-state index in [-0.39, 0.29) is 24.5 Å². The molecule has 0 spiro atoms. The maximum Gasteiger partial charge on any atom is 0.176 e. The summed E-state index contributed by atoms with van der Waals surface area (Å²) < 4.78 is 17.3. The van der Waals surface area contributed by atoms with Gasteiger partial charge in [-0.15, -0.1) is 0 Å². The number of aliphatic hydroxyl groups is 1. The third kappa shape index (κ3) is 4.19. The molecular formula is C19H31N3O4. The van der Waals surface area contributed by atoms with Crippen LogP contribution >= 0.6 is 0 Å². The van der Waals surface area contributed by atoms with Crippen molar-refractivity contribution in [1.82, 2.24) is 15.1 Å². The molecule has 2 saturated heterocycles. The molecule has 2 bridgehead atoms. The summed E-state index contributed by atoms with van der Waals surface area (Å²) in [7, 11) is 7.77. The van der Waals surface area contributed by atoms with Gasteiger partial charge in [-0.1, -0.05) is 18.2 Å². The first kappa shape index (κ1) is 19.5. The summed E-state index contributed by atoms with van der Waals surface area (Å²) in [5.74, 6) is 0.839. The maximum absolute atomic E-state index is 11.0. The second kappa shape index (κ2) is 8.65. The molecule has 2 aliphatic heterocycles. The van der Waals surface area contributed by atoms with Crippen LogP contribution in [0.15, 0.2) is 24.3 Å². The van der Waals surface area contributed by atoms with E-state index in [1.165, 1.54) is 0 Å².